The number of anilines is 2. The van der Waals surface area contributed by atoms with Gasteiger partial charge < -0.3 is 20.1 Å². The van der Waals surface area contributed by atoms with E-state index in [2.05, 4.69) is 25.2 Å². The Hall–Kier alpha value is -3.86. The van der Waals surface area contributed by atoms with Crippen LogP contribution in [0.5, 0.6) is 11.5 Å². The number of hydrogen-bond acceptors (Lipinski definition) is 9. The molecule has 10 heteroatoms. The highest BCUT2D eigenvalue weighted by atomic mass is 32.1. The number of fused-ring (bicyclic) bond motifs is 4. The van der Waals surface area contributed by atoms with Crippen LogP contribution in [0.15, 0.2) is 55.0 Å². The van der Waals surface area contributed by atoms with Crippen LogP contribution < -0.4 is 10.1 Å². The number of aryl methyl sites for hydroxylation is 2. The van der Waals surface area contributed by atoms with Crippen LogP contribution in [-0.2, 0) is 17.8 Å². The molecule has 3 aromatic heterocycles. The van der Waals surface area contributed by atoms with Gasteiger partial charge in [0.25, 0.3) is 0 Å². The van der Waals surface area contributed by atoms with Crippen molar-refractivity contribution in [3.05, 3.63) is 76.7 Å². The van der Waals surface area contributed by atoms with Gasteiger partial charge >= 0.3 is 0 Å². The Balaban J connectivity index is 1.01. The number of aliphatic hydroxyl groups is 1. The number of carbonyl (C=O) groups excluding carboxylic acids is 1. The van der Waals surface area contributed by atoms with Gasteiger partial charge in [0, 0.05) is 55.1 Å². The van der Waals surface area contributed by atoms with E-state index in [0.29, 0.717) is 43.2 Å². The summed E-state index contributed by atoms with van der Waals surface area (Å²) in [5.41, 5.74) is 4.09. The van der Waals surface area contributed by atoms with Crippen LogP contribution in [0.3, 0.4) is 0 Å². The van der Waals surface area contributed by atoms with E-state index in [1.165, 1.54) is 10.4 Å². The molecular formula is C32H34N6O3S. The van der Waals surface area contributed by atoms with E-state index in [1.54, 1.807) is 29.9 Å². The maximum atomic E-state index is 13.0. The zero-order chi connectivity index (χ0) is 28.8. The van der Waals surface area contributed by atoms with E-state index < -0.39 is 0 Å². The number of amides is 1. The number of carbonyl (C=O) groups is 1. The quantitative estimate of drug-likeness (QED) is 0.284. The zero-order valence-corrected chi connectivity index (χ0v) is 24.6. The molecule has 4 aromatic rings. The summed E-state index contributed by atoms with van der Waals surface area (Å²) in [7, 11) is 0. The molecule has 42 heavy (non-hydrogen) atoms. The third-order valence-electron chi connectivity index (χ3n) is 8.78. The third kappa shape index (κ3) is 5.26. The molecule has 1 amide bonds. The Morgan fingerprint density at radius 1 is 1.17 bits per heavy atom. The lowest BCUT2D eigenvalue weighted by Crippen LogP contribution is -2.34. The Morgan fingerprint density at radius 3 is 2.79 bits per heavy atom. The molecule has 2 atom stereocenters. The van der Waals surface area contributed by atoms with E-state index in [1.807, 2.05) is 55.2 Å². The lowest BCUT2D eigenvalue weighted by molar-refractivity contribution is -0.126. The molecule has 0 bridgehead atoms. The van der Waals surface area contributed by atoms with E-state index >= 15 is 0 Å². The highest BCUT2D eigenvalue weighted by molar-refractivity contribution is 7.19. The van der Waals surface area contributed by atoms with Gasteiger partial charge in [0.1, 0.15) is 28.5 Å². The number of ether oxygens (including phenoxy) is 1. The van der Waals surface area contributed by atoms with Crippen molar-refractivity contribution in [1.29, 1.82) is 0 Å². The maximum Gasteiger partial charge on any atom is 0.246 e. The molecule has 0 spiro atoms. The molecule has 1 saturated heterocycles. The second-order valence-corrected chi connectivity index (χ2v) is 12.6. The highest BCUT2D eigenvalue weighted by Gasteiger charge is 2.54. The SMILES string of the molecule is Cc1ccc(Oc2ccc(Nc3ncnc4sc5c(c34)CCN(C(=O)/C=C/CN3CC4C(CO)C4C3)C5)cc2C)cn1. The number of nitrogens with one attached hydrogen (secondary N) is 1. The van der Waals surface area contributed by atoms with E-state index in [0.717, 1.165) is 64.8 Å². The van der Waals surface area contributed by atoms with Crippen LogP contribution in [-0.4, -0.2) is 68.6 Å². The van der Waals surface area contributed by atoms with Crippen molar-refractivity contribution in [1.82, 2.24) is 24.8 Å². The lowest BCUT2D eigenvalue weighted by Gasteiger charge is -2.26. The Labute approximate surface area is 248 Å². The first kappa shape index (κ1) is 27.0. The van der Waals surface area contributed by atoms with Crippen molar-refractivity contribution in [2.24, 2.45) is 17.8 Å². The van der Waals surface area contributed by atoms with Crippen molar-refractivity contribution in [2.75, 3.05) is 38.1 Å². The number of aromatic nitrogens is 3. The number of likely N-dealkylation sites (tertiary alicyclic amines) is 1. The van der Waals surface area contributed by atoms with Crippen LogP contribution in [0.2, 0.25) is 0 Å². The molecule has 1 aromatic carbocycles. The first-order valence-electron chi connectivity index (χ1n) is 14.5. The van der Waals surface area contributed by atoms with Crippen LogP contribution in [0, 0.1) is 31.6 Å². The van der Waals surface area contributed by atoms with E-state index in [4.69, 9.17) is 4.74 Å². The van der Waals surface area contributed by atoms with Gasteiger partial charge in [-0.15, -0.1) is 11.3 Å². The zero-order valence-electron chi connectivity index (χ0n) is 23.8. The van der Waals surface area contributed by atoms with Crippen molar-refractivity contribution in [3.63, 3.8) is 0 Å². The van der Waals surface area contributed by atoms with Crippen LogP contribution in [0.1, 0.15) is 21.7 Å². The van der Waals surface area contributed by atoms with Gasteiger partial charge in [0.2, 0.25) is 5.91 Å². The molecule has 3 aliphatic rings. The van der Waals surface area contributed by atoms with Gasteiger partial charge in [-0.3, -0.25) is 14.7 Å². The number of pyridine rings is 1. The molecule has 2 unspecified atom stereocenters. The second kappa shape index (κ2) is 11.1. The number of thiophene rings is 1. The molecule has 7 rings (SSSR count). The summed E-state index contributed by atoms with van der Waals surface area (Å²) < 4.78 is 6.03. The van der Waals surface area contributed by atoms with E-state index in [-0.39, 0.29) is 5.91 Å². The molecule has 1 saturated carbocycles. The molecule has 5 heterocycles. The van der Waals surface area contributed by atoms with Crippen molar-refractivity contribution in [3.8, 4) is 11.5 Å². The third-order valence-corrected chi connectivity index (χ3v) is 9.90. The summed E-state index contributed by atoms with van der Waals surface area (Å²) in [6, 6.07) is 9.84. The molecular weight excluding hydrogens is 548 g/mol. The molecule has 216 valence electrons. The predicted molar refractivity (Wildman–Crippen MR) is 163 cm³/mol. The van der Waals surface area contributed by atoms with Gasteiger partial charge in [0.05, 0.1) is 18.1 Å². The largest absolute Gasteiger partial charge is 0.455 e. The van der Waals surface area contributed by atoms with Gasteiger partial charge in [-0.25, -0.2) is 9.97 Å². The molecule has 2 N–H and O–H groups in total. The Morgan fingerprint density at radius 2 is 2.02 bits per heavy atom. The average molecular weight is 583 g/mol. The van der Waals surface area contributed by atoms with Gasteiger partial charge in [-0.2, -0.15) is 0 Å². The van der Waals surface area contributed by atoms with Gasteiger partial charge in [0.15, 0.2) is 0 Å². The molecule has 2 fully saturated rings. The topological polar surface area (TPSA) is 104 Å². The van der Waals surface area contributed by atoms with Crippen LogP contribution in [0.4, 0.5) is 11.5 Å². The number of aliphatic hydroxyl groups excluding tert-OH is 1. The average Bonchev–Trinajstić information content (AvgIpc) is 3.27. The minimum absolute atomic E-state index is 0.0549. The number of piperidine rings is 1. The van der Waals surface area contributed by atoms with Crippen LogP contribution in [0.25, 0.3) is 10.2 Å². The molecule has 2 aliphatic heterocycles. The predicted octanol–water partition coefficient (Wildman–Crippen LogP) is 4.85. The first-order valence-corrected chi connectivity index (χ1v) is 15.3. The summed E-state index contributed by atoms with van der Waals surface area (Å²) in [6.07, 6.45) is 7.81. The maximum absolute atomic E-state index is 13.0. The summed E-state index contributed by atoms with van der Waals surface area (Å²) in [5, 5.41) is 13.9. The fourth-order valence-corrected chi connectivity index (χ4v) is 7.60. The first-order chi connectivity index (χ1) is 20.5. The summed E-state index contributed by atoms with van der Waals surface area (Å²) >= 11 is 1.64. The lowest BCUT2D eigenvalue weighted by atomic mass is 10.0. The molecule has 1 aliphatic carbocycles. The fourth-order valence-electron chi connectivity index (χ4n) is 6.40. The minimum Gasteiger partial charge on any atom is -0.455 e. The molecule has 9 nitrogen and oxygen atoms in total. The van der Waals surface area contributed by atoms with Crippen LogP contribution >= 0.6 is 11.3 Å². The number of benzene rings is 1. The summed E-state index contributed by atoms with van der Waals surface area (Å²) in [5.74, 6) is 4.11. The number of nitrogens with zero attached hydrogens (tertiary/aromatic N) is 5. The highest BCUT2D eigenvalue weighted by Crippen LogP contribution is 2.51. The van der Waals surface area contributed by atoms with Gasteiger partial charge in [-0.1, -0.05) is 6.08 Å². The minimum atomic E-state index is 0.0549. The summed E-state index contributed by atoms with van der Waals surface area (Å²) in [6.45, 7) is 8.39. The Bertz CT molecular complexity index is 1660. The Kier molecular flexibility index (Phi) is 7.13. The standard InChI is InChI=1S/C32H34N6O3S/c1-19-12-21(6-8-27(19)41-22-7-5-20(2)33-13-22)36-31-30-23-9-11-38(16-28(23)42-32(30)35-18-34-31)29(40)4-3-10-37-14-24-25(15-37)26(24)17-39/h3-8,12-13,18,24-26,39H,9-11,14-17H2,1-2H3,(H,34,35,36)/b4-3+. The van der Waals surface area contributed by atoms with Crippen molar-refractivity contribution < 1.29 is 14.6 Å². The van der Waals surface area contributed by atoms with E-state index in [9.17, 15) is 9.90 Å². The second-order valence-electron chi connectivity index (χ2n) is 11.6. The van der Waals surface area contributed by atoms with Crippen molar-refractivity contribution in [2.45, 2.75) is 26.8 Å². The number of hydrogen-bond donors (Lipinski definition) is 2. The molecule has 0 radical (unpaired) electrons. The summed E-state index contributed by atoms with van der Waals surface area (Å²) in [4.78, 5) is 32.9. The van der Waals surface area contributed by atoms with Crippen molar-refractivity contribution >= 4 is 39.0 Å². The fraction of sp³-hybridized carbons (Fsp3) is 0.375. The van der Waals surface area contributed by atoms with Gasteiger partial charge in [-0.05, 0) is 79.5 Å². The number of rotatable bonds is 8. The monoisotopic (exact) mass is 582 g/mol. The smallest absolute Gasteiger partial charge is 0.246 e. The normalized spacial score (nSPS) is 21.5.